The van der Waals surface area contributed by atoms with Crippen molar-refractivity contribution in [3.8, 4) is 0 Å². The summed E-state index contributed by atoms with van der Waals surface area (Å²) in [5, 5.41) is 47.8. The van der Waals surface area contributed by atoms with Crippen LogP contribution in [-0.4, -0.2) is 88.1 Å². The molecular weight excluding hydrogens is 324 g/mol. The van der Waals surface area contributed by atoms with Gasteiger partial charge in [0.05, 0.1) is 13.2 Å². The molecule has 6 atom stereocenters. The molecule has 0 saturated carbocycles. The van der Waals surface area contributed by atoms with Gasteiger partial charge in [-0.05, 0) is 6.42 Å². The van der Waals surface area contributed by atoms with E-state index in [-0.39, 0.29) is 19.6 Å². The third kappa shape index (κ3) is 6.60. The maximum Gasteiger partial charge on any atom is 0.305 e. The molecule has 1 heterocycles. The first-order valence-corrected chi connectivity index (χ1v) is 8.16. The molecule has 1 fully saturated rings. The van der Waals surface area contributed by atoms with Crippen LogP contribution in [-0.2, 0) is 19.0 Å². The summed E-state index contributed by atoms with van der Waals surface area (Å²) in [5.74, 6) is -0.407. The van der Waals surface area contributed by atoms with Crippen molar-refractivity contribution >= 4 is 5.97 Å². The number of unbranched alkanes of at least 4 members (excludes halogenated alkanes) is 2. The van der Waals surface area contributed by atoms with Crippen LogP contribution in [0.1, 0.15) is 32.6 Å². The molecule has 0 bridgehead atoms. The van der Waals surface area contributed by atoms with E-state index < -0.39 is 49.4 Å². The molecule has 142 valence electrons. The summed E-state index contributed by atoms with van der Waals surface area (Å²) in [6.45, 7) is 0.876. The van der Waals surface area contributed by atoms with Crippen LogP contribution in [0.3, 0.4) is 0 Å². The highest BCUT2D eigenvalue weighted by molar-refractivity contribution is 5.69. The minimum atomic E-state index is -1.55. The van der Waals surface area contributed by atoms with E-state index in [0.717, 1.165) is 19.3 Å². The molecule has 0 unspecified atom stereocenters. The predicted octanol–water partition coefficient (Wildman–Crippen LogP) is -1.71. The second kappa shape index (κ2) is 10.9. The monoisotopic (exact) mass is 352 g/mol. The highest BCUT2D eigenvalue weighted by Crippen LogP contribution is 2.22. The van der Waals surface area contributed by atoms with Crippen molar-refractivity contribution in [2.75, 3.05) is 19.8 Å². The summed E-state index contributed by atoms with van der Waals surface area (Å²) in [4.78, 5) is 11.4. The lowest BCUT2D eigenvalue weighted by molar-refractivity contribution is -0.305. The third-order valence-electron chi connectivity index (χ3n) is 3.72. The van der Waals surface area contributed by atoms with Crippen LogP contribution in [0.25, 0.3) is 0 Å². The van der Waals surface area contributed by atoms with Crippen LogP contribution < -0.4 is 0 Å². The zero-order chi connectivity index (χ0) is 18.1. The number of esters is 1. The number of aliphatic hydroxyl groups is 5. The van der Waals surface area contributed by atoms with E-state index in [1.165, 1.54) is 0 Å². The molecule has 1 aliphatic heterocycles. The van der Waals surface area contributed by atoms with Gasteiger partial charge in [0.1, 0.15) is 37.1 Å². The van der Waals surface area contributed by atoms with E-state index in [0.29, 0.717) is 0 Å². The van der Waals surface area contributed by atoms with Crippen molar-refractivity contribution in [2.24, 2.45) is 0 Å². The molecule has 5 N–H and O–H groups in total. The second-order valence-electron chi connectivity index (χ2n) is 5.82. The maximum absolute atomic E-state index is 11.4. The predicted molar refractivity (Wildman–Crippen MR) is 80.8 cm³/mol. The Morgan fingerprint density at radius 3 is 2.46 bits per heavy atom. The number of aliphatic hydroxyl groups excluding tert-OH is 5. The number of ether oxygens (including phenoxy) is 3. The van der Waals surface area contributed by atoms with Crippen LogP contribution in [0, 0.1) is 0 Å². The van der Waals surface area contributed by atoms with Gasteiger partial charge in [0.25, 0.3) is 0 Å². The van der Waals surface area contributed by atoms with Crippen molar-refractivity contribution in [3.05, 3.63) is 0 Å². The summed E-state index contributed by atoms with van der Waals surface area (Å²) >= 11 is 0. The van der Waals surface area contributed by atoms with Crippen molar-refractivity contribution in [2.45, 2.75) is 69.4 Å². The van der Waals surface area contributed by atoms with Gasteiger partial charge in [-0.25, -0.2) is 0 Å². The molecule has 0 aliphatic carbocycles. The first-order chi connectivity index (χ1) is 11.4. The molecule has 0 radical (unpaired) electrons. The smallest absolute Gasteiger partial charge is 0.305 e. The molecule has 0 aromatic heterocycles. The third-order valence-corrected chi connectivity index (χ3v) is 3.72. The van der Waals surface area contributed by atoms with E-state index >= 15 is 0 Å². The van der Waals surface area contributed by atoms with Gasteiger partial charge >= 0.3 is 5.97 Å². The molecule has 1 saturated heterocycles. The molecule has 9 nitrogen and oxygen atoms in total. The molecule has 0 aromatic rings. The van der Waals surface area contributed by atoms with Gasteiger partial charge in [-0.15, -0.1) is 0 Å². The highest BCUT2D eigenvalue weighted by atomic mass is 16.7. The minimum absolute atomic E-state index is 0.262. The van der Waals surface area contributed by atoms with Gasteiger partial charge < -0.3 is 39.7 Å². The average Bonchev–Trinajstić information content (AvgIpc) is 2.57. The fourth-order valence-electron chi connectivity index (χ4n) is 2.24. The van der Waals surface area contributed by atoms with E-state index in [9.17, 15) is 25.2 Å². The molecular formula is C15H28O9. The molecule has 1 rings (SSSR count). The second-order valence-corrected chi connectivity index (χ2v) is 5.82. The fourth-order valence-corrected chi connectivity index (χ4v) is 2.24. The van der Waals surface area contributed by atoms with Crippen molar-refractivity contribution in [1.82, 2.24) is 0 Å². The summed E-state index contributed by atoms with van der Waals surface area (Å²) in [6.07, 6.45) is -5.16. The van der Waals surface area contributed by atoms with Gasteiger partial charge in [-0.2, -0.15) is 0 Å². The Morgan fingerprint density at radius 2 is 1.83 bits per heavy atom. The molecule has 9 heteroatoms. The number of hydrogen-bond donors (Lipinski definition) is 5. The van der Waals surface area contributed by atoms with Crippen molar-refractivity contribution in [1.29, 1.82) is 0 Å². The van der Waals surface area contributed by atoms with Crippen LogP contribution in [0.2, 0.25) is 0 Å². The van der Waals surface area contributed by atoms with Gasteiger partial charge in [-0.3, -0.25) is 4.79 Å². The zero-order valence-corrected chi connectivity index (χ0v) is 13.8. The minimum Gasteiger partial charge on any atom is -0.463 e. The Morgan fingerprint density at radius 1 is 1.12 bits per heavy atom. The lowest BCUT2D eigenvalue weighted by Gasteiger charge is -2.39. The lowest BCUT2D eigenvalue weighted by Crippen LogP contribution is -2.59. The average molecular weight is 352 g/mol. The van der Waals surface area contributed by atoms with Crippen LogP contribution in [0.4, 0.5) is 0 Å². The van der Waals surface area contributed by atoms with E-state index in [2.05, 4.69) is 0 Å². The Hall–Kier alpha value is -0.810. The quantitative estimate of drug-likeness (QED) is 0.229. The van der Waals surface area contributed by atoms with Gasteiger partial charge in [0, 0.05) is 6.42 Å². The Balaban J connectivity index is 2.30. The Labute approximate surface area is 140 Å². The maximum atomic E-state index is 11.4. The molecule has 0 amide bonds. The Kier molecular flexibility index (Phi) is 9.67. The summed E-state index contributed by atoms with van der Waals surface area (Å²) < 4.78 is 15.2. The molecule has 0 spiro atoms. The molecule has 1 aliphatic rings. The van der Waals surface area contributed by atoms with E-state index in [1.54, 1.807) is 0 Å². The summed E-state index contributed by atoms with van der Waals surface area (Å²) in [6, 6.07) is 0. The fraction of sp³-hybridized carbons (Fsp3) is 0.933. The van der Waals surface area contributed by atoms with Gasteiger partial charge in [-0.1, -0.05) is 19.8 Å². The normalized spacial score (nSPS) is 31.7. The zero-order valence-electron chi connectivity index (χ0n) is 13.8. The van der Waals surface area contributed by atoms with Crippen molar-refractivity contribution < 1.29 is 44.5 Å². The summed E-state index contributed by atoms with van der Waals surface area (Å²) in [5.41, 5.74) is 0. The first-order valence-electron chi connectivity index (χ1n) is 8.16. The summed E-state index contributed by atoms with van der Waals surface area (Å²) in [7, 11) is 0. The number of carbonyl (C=O) groups is 1. The van der Waals surface area contributed by atoms with Crippen LogP contribution in [0.15, 0.2) is 0 Å². The molecule has 0 aromatic carbocycles. The highest BCUT2D eigenvalue weighted by Gasteiger charge is 2.44. The van der Waals surface area contributed by atoms with Crippen molar-refractivity contribution in [3.63, 3.8) is 0 Å². The Bertz CT molecular complexity index is 363. The van der Waals surface area contributed by atoms with Crippen LogP contribution in [0.5, 0.6) is 0 Å². The van der Waals surface area contributed by atoms with Gasteiger partial charge in [0.2, 0.25) is 0 Å². The first kappa shape index (κ1) is 21.2. The number of hydrogen-bond acceptors (Lipinski definition) is 9. The number of rotatable bonds is 10. The topological polar surface area (TPSA) is 146 Å². The lowest BCUT2D eigenvalue weighted by atomic mass is 9.99. The SMILES string of the molecule is CCCCCC(=O)OC[C@@H](O)CO[C@@H]1O[C@H](CO)[C@H](O)[C@H](O)[C@H]1O. The van der Waals surface area contributed by atoms with E-state index in [4.69, 9.17) is 19.3 Å². The van der Waals surface area contributed by atoms with E-state index in [1.807, 2.05) is 6.92 Å². The molecule has 24 heavy (non-hydrogen) atoms. The van der Waals surface area contributed by atoms with Crippen LogP contribution >= 0.6 is 0 Å². The largest absolute Gasteiger partial charge is 0.463 e. The number of carbonyl (C=O) groups excluding carboxylic acids is 1. The standard InChI is InChI=1S/C15H28O9/c1-2-3-4-5-11(18)22-7-9(17)8-23-15-14(21)13(20)12(19)10(6-16)24-15/h9-10,12-17,19-21H,2-8H2,1H3/t9-,10-,12+,13+,14-,15-/m1/s1. The van der Waals surface area contributed by atoms with Gasteiger partial charge in [0.15, 0.2) is 6.29 Å².